The summed E-state index contributed by atoms with van der Waals surface area (Å²) in [5, 5.41) is 2.77. The molecule has 4 heteroatoms. The highest BCUT2D eigenvalue weighted by molar-refractivity contribution is 5.96. The van der Waals surface area contributed by atoms with Crippen LogP contribution in [0.5, 0.6) is 0 Å². The number of carbonyl (C=O) groups excluding carboxylic acids is 2. The first-order valence-corrected chi connectivity index (χ1v) is 7.60. The molecule has 1 heterocycles. The van der Waals surface area contributed by atoms with E-state index in [1.54, 1.807) is 11.8 Å². The predicted molar refractivity (Wildman–Crippen MR) is 82.8 cm³/mol. The van der Waals surface area contributed by atoms with Crippen LogP contribution in [0, 0.1) is 13.8 Å². The minimum absolute atomic E-state index is 0.00668. The zero-order valence-electron chi connectivity index (χ0n) is 13.3. The van der Waals surface area contributed by atoms with E-state index in [4.69, 9.17) is 0 Å². The van der Waals surface area contributed by atoms with E-state index in [0.717, 1.165) is 12.0 Å². The van der Waals surface area contributed by atoms with Crippen molar-refractivity contribution in [2.24, 2.45) is 0 Å². The fraction of sp³-hybridized carbons (Fsp3) is 0.529. The molecule has 2 rings (SSSR count). The molecular formula is C17H24N2O2. The molecule has 114 valence electrons. The summed E-state index contributed by atoms with van der Waals surface area (Å²) >= 11 is 0. The first kappa shape index (κ1) is 15.5. The topological polar surface area (TPSA) is 49.4 Å². The molecule has 2 atom stereocenters. The average Bonchev–Trinajstić information content (AvgIpc) is 2.39. The Labute approximate surface area is 126 Å². The third-order valence-electron chi connectivity index (χ3n) is 3.89. The molecule has 1 aliphatic rings. The van der Waals surface area contributed by atoms with Gasteiger partial charge in [0.15, 0.2) is 0 Å². The van der Waals surface area contributed by atoms with Gasteiger partial charge in [0, 0.05) is 6.54 Å². The van der Waals surface area contributed by atoms with E-state index < -0.39 is 6.04 Å². The standard InChI is InChI=1S/C17H24N2O2/c1-5-6-15-16(20)18-13(4)17(21)19(15)10-14-8-11(2)7-12(3)9-14/h7-9,13,15H,5-6,10H2,1-4H3,(H,18,20). The van der Waals surface area contributed by atoms with Crippen LogP contribution in [0.4, 0.5) is 0 Å². The van der Waals surface area contributed by atoms with Crippen molar-refractivity contribution in [3.63, 3.8) is 0 Å². The van der Waals surface area contributed by atoms with Gasteiger partial charge in [0.05, 0.1) is 0 Å². The zero-order chi connectivity index (χ0) is 15.6. The Morgan fingerprint density at radius 3 is 2.33 bits per heavy atom. The molecule has 1 N–H and O–H groups in total. The molecule has 0 radical (unpaired) electrons. The van der Waals surface area contributed by atoms with Crippen LogP contribution >= 0.6 is 0 Å². The number of carbonyl (C=O) groups is 2. The first-order valence-electron chi connectivity index (χ1n) is 7.60. The lowest BCUT2D eigenvalue weighted by molar-refractivity contribution is -0.149. The van der Waals surface area contributed by atoms with Crippen molar-refractivity contribution in [2.45, 2.75) is 59.2 Å². The number of amides is 2. The second-order valence-corrected chi connectivity index (χ2v) is 6.00. The average molecular weight is 288 g/mol. The zero-order valence-corrected chi connectivity index (χ0v) is 13.3. The smallest absolute Gasteiger partial charge is 0.245 e. The number of piperazine rings is 1. The summed E-state index contributed by atoms with van der Waals surface area (Å²) < 4.78 is 0. The predicted octanol–water partition coefficient (Wildman–Crippen LogP) is 2.32. The lowest BCUT2D eigenvalue weighted by atomic mass is 10.0. The quantitative estimate of drug-likeness (QED) is 0.924. The van der Waals surface area contributed by atoms with E-state index in [0.29, 0.717) is 13.0 Å². The van der Waals surface area contributed by atoms with Gasteiger partial charge in [0.2, 0.25) is 11.8 Å². The van der Waals surface area contributed by atoms with Crippen LogP contribution in [0.2, 0.25) is 0 Å². The maximum atomic E-state index is 12.4. The van der Waals surface area contributed by atoms with Crippen molar-refractivity contribution in [2.75, 3.05) is 0 Å². The number of aryl methyl sites for hydroxylation is 2. The van der Waals surface area contributed by atoms with Gasteiger partial charge in [-0.25, -0.2) is 0 Å². The van der Waals surface area contributed by atoms with Crippen LogP contribution in [-0.4, -0.2) is 28.8 Å². The number of nitrogens with zero attached hydrogens (tertiary/aromatic N) is 1. The van der Waals surface area contributed by atoms with Crippen LogP contribution in [-0.2, 0) is 16.1 Å². The highest BCUT2D eigenvalue weighted by Crippen LogP contribution is 2.19. The van der Waals surface area contributed by atoms with Gasteiger partial charge < -0.3 is 10.2 Å². The van der Waals surface area contributed by atoms with Crippen molar-refractivity contribution in [1.29, 1.82) is 0 Å². The molecule has 2 amide bonds. The summed E-state index contributed by atoms with van der Waals surface area (Å²) in [7, 11) is 0. The van der Waals surface area contributed by atoms with E-state index in [-0.39, 0.29) is 17.9 Å². The van der Waals surface area contributed by atoms with E-state index in [9.17, 15) is 9.59 Å². The number of rotatable bonds is 4. The normalized spacial score (nSPS) is 22.4. The molecule has 0 saturated carbocycles. The maximum absolute atomic E-state index is 12.4. The highest BCUT2D eigenvalue weighted by atomic mass is 16.2. The van der Waals surface area contributed by atoms with Gasteiger partial charge in [0.1, 0.15) is 12.1 Å². The molecule has 0 bridgehead atoms. The van der Waals surface area contributed by atoms with Crippen molar-refractivity contribution in [3.05, 3.63) is 34.9 Å². The number of benzene rings is 1. The minimum Gasteiger partial charge on any atom is -0.343 e. The Morgan fingerprint density at radius 1 is 1.14 bits per heavy atom. The summed E-state index contributed by atoms with van der Waals surface area (Å²) in [6, 6.07) is 5.50. The van der Waals surface area contributed by atoms with Gasteiger partial charge in [-0.2, -0.15) is 0 Å². The molecule has 0 aliphatic carbocycles. The van der Waals surface area contributed by atoms with Gasteiger partial charge in [0.25, 0.3) is 0 Å². The summed E-state index contributed by atoms with van der Waals surface area (Å²) in [6.45, 7) is 8.38. The van der Waals surface area contributed by atoms with Gasteiger partial charge in [-0.1, -0.05) is 42.7 Å². The fourth-order valence-corrected chi connectivity index (χ4v) is 3.02. The largest absolute Gasteiger partial charge is 0.343 e. The molecule has 1 fully saturated rings. The van der Waals surface area contributed by atoms with Crippen LogP contribution in [0.1, 0.15) is 43.4 Å². The van der Waals surface area contributed by atoms with Crippen molar-refractivity contribution < 1.29 is 9.59 Å². The Morgan fingerprint density at radius 2 is 1.76 bits per heavy atom. The third kappa shape index (κ3) is 3.43. The second-order valence-electron chi connectivity index (χ2n) is 6.00. The van der Waals surface area contributed by atoms with Gasteiger partial charge in [-0.3, -0.25) is 9.59 Å². The van der Waals surface area contributed by atoms with E-state index in [1.165, 1.54) is 11.1 Å². The summed E-state index contributed by atoms with van der Waals surface area (Å²) in [5.74, 6) is -0.0273. The Balaban J connectivity index is 2.27. The minimum atomic E-state index is -0.434. The maximum Gasteiger partial charge on any atom is 0.245 e. The lowest BCUT2D eigenvalue weighted by Crippen LogP contribution is -2.61. The molecule has 1 aromatic rings. The molecule has 21 heavy (non-hydrogen) atoms. The molecule has 0 aromatic heterocycles. The second kappa shape index (κ2) is 6.29. The number of hydrogen-bond acceptors (Lipinski definition) is 2. The molecule has 4 nitrogen and oxygen atoms in total. The number of nitrogens with one attached hydrogen (secondary N) is 1. The van der Waals surface area contributed by atoms with Crippen LogP contribution in [0.25, 0.3) is 0 Å². The highest BCUT2D eigenvalue weighted by Gasteiger charge is 2.37. The summed E-state index contributed by atoms with van der Waals surface area (Å²) in [4.78, 5) is 26.3. The Kier molecular flexibility index (Phi) is 4.66. The molecule has 1 aliphatic heterocycles. The third-order valence-corrected chi connectivity index (χ3v) is 3.89. The summed E-state index contributed by atoms with van der Waals surface area (Å²) in [5.41, 5.74) is 3.45. The molecular weight excluding hydrogens is 264 g/mol. The SMILES string of the molecule is CCCC1C(=O)NC(C)C(=O)N1Cc1cc(C)cc(C)c1. The molecule has 1 saturated heterocycles. The van der Waals surface area contributed by atoms with Crippen molar-refractivity contribution >= 4 is 11.8 Å². The first-order chi connectivity index (χ1) is 9.92. The van der Waals surface area contributed by atoms with Gasteiger partial charge in [-0.15, -0.1) is 0 Å². The van der Waals surface area contributed by atoms with E-state index in [2.05, 4.69) is 23.5 Å². The van der Waals surface area contributed by atoms with Crippen LogP contribution < -0.4 is 5.32 Å². The van der Waals surface area contributed by atoms with Gasteiger partial charge >= 0.3 is 0 Å². The lowest BCUT2D eigenvalue weighted by Gasteiger charge is -2.38. The molecule has 2 unspecified atom stereocenters. The Bertz CT molecular complexity index is 533. The van der Waals surface area contributed by atoms with E-state index >= 15 is 0 Å². The monoisotopic (exact) mass is 288 g/mol. The van der Waals surface area contributed by atoms with Gasteiger partial charge in [-0.05, 0) is 32.8 Å². The van der Waals surface area contributed by atoms with Crippen molar-refractivity contribution in [3.8, 4) is 0 Å². The van der Waals surface area contributed by atoms with Crippen LogP contribution in [0.3, 0.4) is 0 Å². The van der Waals surface area contributed by atoms with Crippen molar-refractivity contribution in [1.82, 2.24) is 10.2 Å². The molecule has 1 aromatic carbocycles. The Hall–Kier alpha value is -1.84. The van der Waals surface area contributed by atoms with Crippen LogP contribution in [0.15, 0.2) is 18.2 Å². The summed E-state index contributed by atoms with van der Waals surface area (Å²) in [6.07, 6.45) is 1.58. The molecule has 0 spiro atoms. The fourth-order valence-electron chi connectivity index (χ4n) is 3.02. The number of hydrogen-bond donors (Lipinski definition) is 1. The van der Waals surface area contributed by atoms with E-state index in [1.807, 2.05) is 20.8 Å².